The molecule has 0 atom stereocenters. The lowest BCUT2D eigenvalue weighted by Crippen LogP contribution is -2.40. The van der Waals surface area contributed by atoms with Gasteiger partial charge in [-0.15, -0.1) is 6.58 Å². The third-order valence-electron chi connectivity index (χ3n) is 4.08. The summed E-state index contributed by atoms with van der Waals surface area (Å²) < 4.78 is 70.3. The van der Waals surface area contributed by atoms with Crippen LogP contribution in [0.3, 0.4) is 0 Å². The normalized spacial score (nSPS) is 11.9. The van der Waals surface area contributed by atoms with Gasteiger partial charge in [0.25, 0.3) is 0 Å². The van der Waals surface area contributed by atoms with Crippen LogP contribution in [0.2, 0.25) is 0 Å². The van der Waals surface area contributed by atoms with Gasteiger partial charge in [0.1, 0.15) is 5.75 Å². The fourth-order valence-corrected chi connectivity index (χ4v) is 3.99. The highest BCUT2D eigenvalue weighted by atomic mass is 32.2. The van der Waals surface area contributed by atoms with E-state index in [-0.39, 0.29) is 13.1 Å². The van der Waals surface area contributed by atoms with Crippen LogP contribution in [-0.2, 0) is 27.5 Å². The Hall–Kier alpha value is -2.85. The Balaban J connectivity index is 2.15. The minimum atomic E-state index is -4.69. The number of ether oxygens (including phenoxy) is 1. The van der Waals surface area contributed by atoms with Gasteiger partial charge in [-0.05, 0) is 35.9 Å². The van der Waals surface area contributed by atoms with Crippen molar-refractivity contribution in [3.63, 3.8) is 0 Å². The van der Waals surface area contributed by atoms with E-state index in [0.717, 1.165) is 28.1 Å². The maximum atomic E-state index is 12.9. The molecule has 162 valence electrons. The van der Waals surface area contributed by atoms with Gasteiger partial charge in [0.05, 0.1) is 24.1 Å². The van der Waals surface area contributed by atoms with Crippen molar-refractivity contribution in [1.82, 2.24) is 9.62 Å². The van der Waals surface area contributed by atoms with E-state index in [9.17, 15) is 26.4 Å². The molecule has 0 unspecified atom stereocenters. The smallest absolute Gasteiger partial charge is 0.416 e. The minimum Gasteiger partial charge on any atom is -0.497 e. The number of hydrogen-bond acceptors (Lipinski definition) is 4. The van der Waals surface area contributed by atoms with Gasteiger partial charge in [0.15, 0.2) is 0 Å². The van der Waals surface area contributed by atoms with E-state index in [1.807, 2.05) is 0 Å². The third kappa shape index (κ3) is 6.07. The second-order valence-corrected chi connectivity index (χ2v) is 8.18. The zero-order chi connectivity index (χ0) is 22.4. The lowest BCUT2D eigenvalue weighted by molar-refractivity contribution is -0.137. The number of sulfonamides is 1. The molecule has 0 fully saturated rings. The molecule has 2 rings (SSSR count). The zero-order valence-electron chi connectivity index (χ0n) is 16.1. The van der Waals surface area contributed by atoms with Crippen molar-refractivity contribution >= 4 is 15.9 Å². The largest absolute Gasteiger partial charge is 0.497 e. The van der Waals surface area contributed by atoms with Crippen LogP contribution in [0.5, 0.6) is 5.75 Å². The van der Waals surface area contributed by atoms with E-state index in [1.165, 1.54) is 13.2 Å². The molecule has 30 heavy (non-hydrogen) atoms. The molecule has 1 N–H and O–H groups in total. The monoisotopic (exact) mass is 442 g/mol. The predicted octanol–water partition coefficient (Wildman–Crippen LogP) is 3.21. The molecule has 0 saturated heterocycles. The van der Waals surface area contributed by atoms with Crippen molar-refractivity contribution < 1.29 is 31.1 Å². The number of carbonyl (C=O) groups is 1. The first-order valence-electron chi connectivity index (χ1n) is 8.76. The Kier molecular flexibility index (Phi) is 7.63. The Morgan fingerprint density at radius 3 is 2.53 bits per heavy atom. The second-order valence-electron chi connectivity index (χ2n) is 6.24. The van der Waals surface area contributed by atoms with Crippen molar-refractivity contribution in [2.45, 2.75) is 17.6 Å². The summed E-state index contributed by atoms with van der Waals surface area (Å²) in [6.07, 6.45) is -3.44. The average molecular weight is 442 g/mol. The molecule has 2 aromatic carbocycles. The van der Waals surface area contributed by atoms with E-state index < -0.39 is 39.1 Å². The Bertz CT molecular complexity index is 1010. The fourth-order valence-electron chi connectivity index (χ4n) is 2.57. The van der Waals surface area contributed by atoms with E-state index >= 15 is 0 Å². The molecule has 1 amide bonds. The van der Waals surface area contributed by atoms with Crippen LogP contribution in [0.15, 0.2) is 66.1 Å². The molecule has 0 aliphatic heterocycles. The predicted molar refractivity (Wildman–Crippen MR) is 105 cm³/mol. The van der Waals surface area contributed by atoms with Gasteiger partial charge in [0, 0.05) is 13.1 Å². The lowest BCUT2D eigenvalue weighted by atomic mass is 10.2. The summed E-state index contributed by atoms with van der Waals surface area (Å²) in [5.74, 6) is -0.0163. The summed E-state index contributed by atoms with van der Waals surface area (Å²) in [5, 5.41) is 2.58. The molecule has 0 aromatic heterocycles. The molecular formula is C20H21F3N2O4S. The van der Waals surface area contributed by atoms with Crippen LogP contribution in [0.4, 0.5) is 13.2 Å². The van der Waals surface area contributed by atoms with Gasteiger partial charge in [-0.25, -0.2) is 8.42 Å². The molecule has 2 aromatic rings. The van der Waals surface area contributed by atoms with E-state index in [1.54, 1.807) is 24.3 Å². The van der Waals surface area contributed by atoms with E-state index in [0.29, 0.717) is 11.8 Å². The first-order chi connectivity index (χ1) is 14.1. The Labute approximate surface area is 173 Å². The molecule has 0 heterocycles. The van der Waals surface area contributed by atoms with Crippen LogP contribution >= 0.6 is 0 Å². The highest BCUT2D eigenvalue weighted by Crippen LogP contribution is 2.31. The number of nitrogens with one attached hydrogen (secondary N) is 1. The number of alkyl halides is 3. The molecule has 10 heteroatoms. The number of carbonyl (C=O) groups excluding carboxylic acids is 1. The van der Waals surface area contributed by atoms with Crippen molar-refractivity contribution in [2.75, 3.05) is 20.2 Å². The highest BCUT2D eigenvalue weighted by molar-refractivity contribution is 7.89. The van der Waals surface area contributed by atoms with Gasteiger partial charge < -0.3 is 10.1 Å². The van der Waals surface area contributed by atoms with Crippen LogP contribution in [-0.4, -0.2) is 38.8 Å². The number of halogens is 3. The van der Waals surface area contributed by atoms with Crippen LogP contribution < -0.4 is 10.1 Å². The van der Waals surface area contributed by atoms with Crippen LogP contribution in [0.25, 0.3) is 0 Å². The quantitative estimate of drug-likeness (QED) is 0.605. The maximum absolute atomic E-state index is 12.9. The molecule has 0 aliphatic rings. The third-order valence-corrected chi connectivity index (χ3v) is 5.88. The molecule has 0 aliphatic carbocycles. The molecule has 0 radical (unpaired) electrons. The first kappa shape index (κ1) is 23.4. The summed E-state index contributed by atoms with van der Waals surface area (Å²) in [6.45, 7) is 2.76. The van der Waals surface area contributed by atoms with Gasteiger partial charge in [-0.1, -0.05) is 24.3 Å². The lowest BCUT2D eigenvalue weighted by Gasteiger charge is -2.21. The average Bonchev–Trinajstić information content (AvgIpc) is 2.71. The molecule has 0 spiro atoms. The summed E-state index contributed by atoms with van der Waals surface area (Å²) in [4.78, 5) is 11.7. The van der Waals surface area contributed by atoms with Gasteiger partial charge >= 0.3 is 6.18 Å². The summed E-state index contributed by atoms with van der Waals surface area (Å²) in [6, 6.07) is 10.3. The SMILES string of the molecule is C=CCN(CC(=O)NCc1cccc(OC)c1)S(=O)(=O)c1cccc(C(F)(F)F)c1. The number of benzene rings is 2. The second kappa shape index (κ2) is 9.77. The van der Waals surface area contributed by atoms with Gasteiger partial charge in [0.2, 0.25) is 15.9 Å². The maximum Gasteiger partial charge on any atom is 0.416 e. The first-order valence-corrected chi connectivity index (χ1v) is 10.2. The summed E-state index contributed by atoms with van der Waals surface area (Å²) in [7, 11) is -2.85. The number of amides is 1. The molecular weight excluding hydrogens is 421 g/mol. The van der Waals surface area contributed by atoms with Crippen molar-refractivity contribution in [3.8, 4) is 5.75 Å². The zero-order valence-corrected chi connectivity index (χ0v) is 17.0. The number of hydrogen-bond donors (Lipinski definition) is 1. The summed E-state index contributed by atoms with van der Waals surface area (Å²) in [5.41, 5.74) is -0.358. The van der Waals surface area contributed by atoms with Crippen molar-refractivity contribution in [1.29, 1.82) is 0 Å². The van der Waals surface area contributed by atoms with Gasteiger partial charge in [-0.3, -0.25) is 4.79 Å². The summed E-state index contributed by atoms with van der Waals surface area (Å²) >= 11 is 0. The Morgan fingerprint density at radius 2 is 1.90 bits per heavy atom. The number of nitrogens with zero attached hydrogens (tertiary/aromatic N) is 1. The number of methoxy groups -OCH3 is 1. The minimum absolute atomic E-state index is 0.127. The van der Waals surface area contributed by atoms with Crippen molar-refractivity contribution in [2.24, 2.45) is 0 Å². The van der Waals surface area contributed by atoms with Gasteiger partial charge in [-0.2, -0.15) is 17.5 Å². The van der Waals surface area contributed by atoms with Crippen molar-refractivity contribution in [3.05, 3.63) is 72.3 Å². The Morgan fingerprint density at radius 1 is 1.20 bits per heavy atom. The van der Waals surface area contributed by atoms with Crippen LogP contribution in [0.1, 0.15) is 11.1 Å². The topological polar surface area (TPSA) is 75.7 Å². The van der Waals surface area contributed by atoms with E-state index in [2.05, 4.69) is 11.9 Å². The molecule has 0 saturated carbocycles. The van der Waals surface area contributed by atoms with E-state index in [4.69, 9.17) is 4.74 Å². The highest BCUT2D eigenvalue weighted by Gasteiger charge is 2.33. The standard InChI is InChI=1S/C20H21F3N2O4S/c1-3-10-25(14-19(26)24-13-15-6-4-8-17(11-15)29-2)30(27,28)18-9-5-7-16(12-18)20(21,22)23/h3-9,11-12H,1,10,13-14H2,2H3,(H,24,26). The molecule has 0 bridgehead atoms. The molecule has 6 nitrogen and oxygen atoms in total. The number of rotatable bonds is 9. The fraction of sp³-hybridized carbons (Fsp3) is 0.250. The van der Waals surface area contributed by atoms with Crippen LogP contribution in [0, 0.1) is 0 Å².